The van der Waals surface area contributed by atoms with Crippen molar-refractivity contribution in [1.82, 2.24) is 10.2 Å². The average Bonchev–Trinajstić information content (AvgIpc) is 3.15. The van der Waals surface area contributed by atoms with Gasteiger partial charge in [-0.1, -0.05) is 23.7 Å². The molecule has 3 unspecified atom stereocenters. The number of likely N-dealkylation sites (tertiary alicyclic amines) is 1. The molecule has 1 amide bonds. The van der Waals surface area contributed by atoms with Crippen LogP contribution < -0.4 is 5.32 Å². The Kier molecular flexibility index (Phi) is 5.74. The van der Waals surface area contributed by atoms with E-state index >= 15 is 0 Å². The summed E-state index contributed by atoms with van der Waals surface area (Å²) in [7, 11) is 0. The summed E-state index contributed by atoms with van der Waals surface area (Å²) in [5, 5.41) is 4.42. The van der Waals surface area contributed by atoms with Crippen molar-refractivity contribution >= 4 is 29.9 Å². The molecule has 2 bridgehead atoms. The van der Waals surface area contributed by atoms with Crippen LogP contribution in [-0.2, 0) is 4.79 Å². The van der Waals surface area contributed by atoms with Gasteiger partial charge in [0.25, 0.3) is 0 Å². The zero-order valence-electron chi connectivity index (χ0n) is 13.9. The van der Waals surface area contributed by atoms with Gasteiger partial charge in [-0.05, 0) is 62.1 Å². The number of nitrogens with zero attached hydrogens (tertiary/aromatic N) is 1. The predicted molar refractivity (Wildman–Crippen MR) is 99.7 cm³/mol. The Labute approximate surface area is 155 Å². The molecular weight excluding hydrogens is 343 g/mol. The number of rotatable bonds is 3. The number of hydrogen-bond acceptors (Lipinski definition) is 2. The highest BCUT2D eigenvalue weighted by Crippen LogP contribution is 2.36. The summed E-state index contributed by atoms with van der Waals surface area (Å²) >= 11 is 5.99. The molecule has 0 aliphatic carbocycles. The molecule has 3 atom stereocenters. The second-order valence-corrected chi connectivity index (χ2v) is 7.91. The van der Waals surface area contributed by atoms with Gasteiger partial charge >= 0.3 is 0 Å². The van der Waals surface area contributed by atoms with E-state index in [0.717, 1.165) is 30.8 Å². The molecule has 1 N–H and O–H groups in total. The topological polar surface area (TPSA) is 32.3 Å². The molecule has 3 fully saturated rings. The Hall–Kier alpha value is -0.770. The zero-order chi connectivity index (χ0) is 15.8. The van der Waals surface area contributed by atoms with Gasteiger partial charge in [0.05, 0.1) is 6.04 Å². The van der Waals surface area contributed by atoms with Gasteiger partial charge in [-0.15, -0.1) is 12.4 Å². The van der Waals surface area contributed by atoms with Crippen molar-refractivity contribution in [2.75, 3.05) is 6.54 Å². The van der Waals surface area contributed by atoms with Gasteiger partial charge in [-0.3, -0.25) is 4.79 Å². The fourth-order valence-electron chi connectivity index (χ4n) is 4.80. The molecule has 0 aromatic heterocycles. The molecule has 3 nitrogen and oxygen atoms in total. The number of carbonyl (C=O) groups excluding carboxylic acids is 1. The number of halogens is 2. The van der Waals surface area contributed by atoms with Crippen molar-refractivity contribution in [3.05, 3.63) is 34.9 Å². The van der Waals surface area contributed by atoms with Crippen LogP contribution >= 0.6 is 24.0 Å². The van der Waals surface area contributed by atoms with Crippen molar-refractivity contribution in [1.29, 1.82) is 0 Å². The molecular formula is C19H26Cl2N2O. The van der Waals surface area contributed by atoms with E-state index in [4.69, 9.17) is 11.6 Å². The number of piperidine rings is 1. The summed E-state index contributed by atoms with van der Waals surface area (Å²) in [6.45, 7) is 0.907. The van der Waals surface area contributed by atoms with Crippen molar-refractivity contribution in [2.45, 2.75) is 63.1 Å². The Bertz CT molecular complexity index is 565. The fraction of sp³-hybridized carbons (Fsp3) is 0.632. The first-order valence-corrected chi connectivity index (χ1v) is 9.38. The second-order valence-electron chi connectivity index (χ2n) is 7.48. The maximum absolute atomic E-state index is 12.9. The van der Waals surface area contributed by atoms with Crippen LogP contribution in [-0.4, -0.2) is 29.4 Å². The predicted octanol–water partition coefficient (Wildman–Crippen LogP) is 4.35. The number of carbonyl (C=O) groups is 1. The Morgan fingerprint density at radius 3 is 2.46 bits per heavy atom. The van der Waals surface area contributed by atoms with E-state index in [0.29, 0.717) is 23.9 Å². The lowest BCUT2D eigenvalue weighted by Crippen LogP contribution is -2.40. The first kappa shape index (κ1) is 18.0. The molecule has 0 saturated carbocycles. The highest BCUT2D eigenvalue weighted by Gasteiger charge is 2.36. The summed E-state index contributed by atoms with van der Waals surface area (Å²) in [6.07, 6.45) is 7.88. The Morgan fingerprint density at radius 2 is 1.79 bits per heavy atom. The maximum atomic E-state index is 12.9. The first-order chi connectivity index (χ1) is 11.2. The van der Waals surface area contributed by atoms with Crippen molar-refractivity contribution < 1.29 is 4.79 Å². The van der Waals surface area contributed by atoms with Crippen LogP contribution in [0, 0.1) is 5.92 Å². The summed E-state index contributed by atoms with van der Waals surface area (Å²) in [5.74, 6) is 0.932. The molecule has 5 heteroatoms. The van der Waals surface area contributed by atoms with E-state index in [2.05, 4.69) is 22.3 Å². The lowest BCUT2D eigenvalue weighted by Gasteiger charge is -2.31. The minimum absolute atomic E-state index is 0. The van der Waals surface area contributed by atoms with Crippen molar-refractivity contribution in [2.24, 2.45) is 5.92 Å². The third-order valence-corrected chi connectivity index (χ3v) is 6.11. The van der Waals surface area contributed by atoms with E-state index in [1.54, 1.807) is 0 Å². The number of amides is 1. The third kappa shape index (κ3) is 3.74. The third-order valence-electron chi connectivity index (χ3n) is 5.86. The van der Waals surface area contributed by atoms with E-state index < -0.39 is 0 Å². The van der Waals surface area contributed by atoms with E-state index in [-0.39, 0.29) is 18.4 Å². The van der Waals surface area contributed by atoms with Gasteiger partial charge in [0.15, 0.2) is 0 Å². The van der Waals surface area contributed by atoms with Crippen LogP contribution in [0.5, 0.6) is 0 Å². The Morgan fingerprint density at radius 1 is 1.12 bits per heavy atom. The van der Waals surface area contributed by atoms with Gasteiger partial charge in [0.1, 0.15) is 0 Å². The molecule has 4 rings (SSSR count). The van der Waals surface area contributed by atoms with Crippen molar-refractivity contribution in [3.8, 4) is 0 Å². The number of fused-ring (bicyclic) bond motifs is 2. The normalized spacial score (nSPS) is 31.8. The SMILES string of the molecule is Cl.O=C(CC1CC2CCC(C1)N2)N1CCCC1c1ccc(Cl)cc1. The van der Waals surface area contributed by atoms with Gasteiger partial charge in [0.2, 0.25) is 5.91 Å². The molecule has 3 aliphatic rings. The Balaban J connectivity index is 0.00000169. The molecule has 0 spiro atoms. The molecule has 3 aliphatic heterocycles. The highest BCUT2D eigenvalue weighted by molar-refractivity contribution is 6.30. The fourth-order valence-corrected chi connectivity index (χ4v) is 4.93. The van der Waals surface area contributed by atoms with Crippen LogP contribution in [0.2, 0.25) is 5.02 Å². The lowest BCUT2D eigenvalue weighted by atomic mass is 9.89. The van der Waals surface area contributed by atoms with Crippen LogP contribution in [0.4, 0.5) is 0 Å². The largest absolute Gasteiger partial charge is 0.336 e. The minimum atomic E-state index is 0. The molecule has 0 radical (unpaired) electrons. The summed E-state index contributed by atoms with van der Waals surface area (Å²) in [6, 6.07) is 9.59. The first-order valence-electron chi connectivity index (χ1n) is 9.00. The van der Waals surface area contributed by atoms with Crippen molar-refractivity contribution in [3.63, 3.8) is 0 Å². The number of nitrogens with one attached hydrogen (secondary N) is 1. The van der Waals surface area contributed by atoms with Gasteiger partial charge in [0, 0.05) is 30.1 Å². The zero-order valence-corrected chi connectivity index (χ0v) is 15.5. The van der Waals surface area contributed by atoms with Crippen LogP contribution in [0.3, 0.4) is 0 Å². The monoisotopic (exact) mass is 368 g/mol. The van der Waals surface area contributed by atoms with E-state index in [1.807, 2.05) is 12.1 Å². The van der Waals surface area contributed by atoms with Crippen LogP contribution in [0.25, 0.3) is 0 Å². The molecule has 1 aromatic rings. The molecule has 3 saturated heterocycles. The van der Waals surface area contributed by atoms with Crippen LogP contribution in [0.15, 0.2) is 24.3 Å². The smallest absolute Gasteiger partial charge is 0.223 e. The number of benzene rings is 1. The standard InChI is InChI=1S/C19H25ClN2O.ClH/c20-15-5-3-14(4-6-15)18-2-1-9-22(18)19(23)12-13-10-16-7-8-17(11-13)21-16;/h3-6,13,16-18,21H,1-2,7-12H2;1H. The molecule has 3 heterocycles. The summed E-state index contributed by atoms with van der Waals surface area (Å²) in [5.41, 5.74) is 1.23. The molecule has 1 aromatic carbocycles. The maximum Gasteiger partial charge on any atom is 0.223 e. The highest BCUT2D eigenvalue weighted by atomic mass is 35.5. The summed E-state index contributed by atoms with van der Waals surface area (Å²) in [4.78, 5) is 15.0. The molecule has 132 valence electrons. The molecule has 24 heavy (non-hydrogen) atoms. The minimum Gasteiger partial charge on any atom is -0.336 e. The van der Waals surface area contributed by atoms with Crippen LogP contribution in [0.1, 0.15) is 56.6 Å². The van der Waals surface area contributed by atoms with Gasteiger partial charge in [-0.2, -0.15) is 0 Å². The quantitative estimate of drug-likeness (QED) is 0.859. The lowest BCUT2D eigenvalue weighted by molar-refractivity contribution is -0.133. The van der Waals surface area contributed by atoms with E-state index in [1.165, 1.54) is 31.2 Å². The van der Waals surface area contributed by atoms with E-state index in [9.17, 15) is 4.79 Å². The summed E-state index contributed by atoms with van der Waals surface area (Å²) < 4.78 is 0. The second kappa shape index (κ2) is 7.63. The number of hydrogen-bond donors (Lipinski definition) is 1. The van der Waals surface area contributed by atoms with Gasteiger partial charge < -0.3 is 10.2 Å². The average molecular weight is 369 g/mol. The van der Waals surface area contributed by atoms with Gasteiger partial charge in [-0.25, -0.2) is 0 Å².